The van der Waals surface area contributed by atoms with Gasteiger partial charge in [0.2, 0.25) is 0 Å². The summed E-state index contributed by atoms with van der Waals surface area (Å²) in [7, 11) is 0. The van der Waals surface area contributed by atoms with Crippen molar-refractivity contribution in [3.63, 3.8) is 0 Å². The highest BCUT2D eigenvalue weighted by molar-refractivity contribution is 7.99. The first-order valence-electron chi connectivity index (χ1n) is 3.92. The molecule has 0 aromatic carbocycles. The van der Waals surface area contributed by atoms with Crippen molar-refractivity contribution >= 4 is 11.8 Å². The van der Waals surface area contributed by atoms with Gasteiger partial charge >= 0.3 is 0 Å². The second-order valence-corrected chi connectivity index (χ2v) is 3.99. The molecule has 0 amide bonds. The number of thioether (sulfide) groups is 1. The predicted molar refractivity (Wildman–Crippen MR) is 49.6 cm³/mol. The second kappa shape index (κ2) is 4.44. The molecule has 1 unspecified atom stereocenters. The van der Waals surface area contributed by atoms with Gasteiger partial charge in [0.15, 0.2) is 0 Å². The van der Waals surface area contributed by atoms with Gasteiger partial charge in [-0.3, -0.25) is 0 Å². The van der Waals surface area contributed by atoms with E-state index in [9.17, 15) is 0 Å². The highest BCUT2D eigenvalue weighted by Gasteiger charge is 2.00. The van der Waals surface area contributed by atoms with E-state index >= 15 is 0 Å². The Balaban J connectivity index is 2.23. The van der Waals surface area contributed by atoms with E-state index in [4.69, 9.17) is 0 Å². The zero-order valence-electron chi connectivity index (χ0n) is 7.00. The van der Waals surface area contributed by atoms with E-state index in [0.29, 0.717) is 0 Å². The minimum absolute atomic E-state index is 0.736. The molecule has 2 nitrogen and oxygen atoms in total. The van der Waals surface area contributed by atoms with Gasteiger partial charge in [-0.15, -0.1) is 0 Å². The maximum Gasteiger partial charge on any atom is 0.116 e. The van der Waals surface area contributed by atoms with Gasteiger partial charge in [0.1, 0.15) is 5.82 Å². The summed E-state index contributed by atoms with van der Waals surface area (Å²) in [6.07, 6.45) is 4.89. The molecule has 0 radical (unpaired) electrons. The van der Waals surface area contributed by atoms with Crippen molar-refractivity contribution in [1.29, 1.82) is 0 Å². The molecular weight excluding hydrogens is 156 g/mol. The van der Waals surface area contributed by atoms with Crippen molar-refractivity contribution in [2.24, 2.45) is 0 Å². The zero-order valence-corrected chi connectivity index (χ0v) is 7.82. The summed E-state index contributed by atoms with van der Waals surface area (Å²) >= 11 is 1.94. The maximum absolute atomic E-state index is 4.15. The molecule has 1 heterocycles. The number of nitrogens with one attached hydrogen (secondary N) is 1. The van der Waals surface area contributed by atoms with E-state index in [1.807, 2.05) is 18.0 Å². The Hall–Kier alpha value is -0.440. The quantitative estimate of drug-likeness (QED) is 0.752. The molecule has 1 atom stereocenters. The van der Waals surface area contributed by atoms with Crippen LogP contribution in [0.15, 0.2) is 12.4 Å². The molecule has 1 N–H and O–H groups in total. The molecule has 11 heavy (non-hydrogen) atoms. The fourth-order valence-corrected chi connectivity index (χ4v) is 1.55. The van der Waals surface area contributed by atoms with Crippen LogP contribution in [0.3, 0.4) is 0 Å². The summed E-state index contributed by atoms with van der Waals surface area (Å²) in [6.45, 7) is 4.45. The molecule has 1 rings (SSSR count). The number of aromatic amines is 1. The summed E-state index contributed by atoms with van der Waals surface area (Å²) < 4.78 is 0. The van der Waals surface area contributed by atoms with Gasteiger partial charge < -0.3 is 4.98 Å². The van der Waals surface area contributed by atoms with Crippen molar-refractivity contribution in [1.82, 2.24) is 9.97 Å². The Morgan fingerprint density at radius 1 is 1.73 bits per heavy atom. The van der Waals surface area contributed by atoms with Crippen LogP contribution in [-0.4, -0.2) is 15.2 Å². The largest absolute Gasteiger partial charge is 0.348 e. The van der Waals surface area contributed by atoms with Crippen molar-refractivity contribution in [3.05, 3.63) is 18.2 Å². The standard InChI is InChI=1S/C8H14N2S/c1-3-7(2)11-6-8-9-4-5-10-8/h4-5,7H,3,6H2,1-2H3,(H,9,10). The third kappa shape index (κ3) is 2.97. The lowest BCUT2D eigenvalue weighted by atomic mass is 10.4. The highest BCUT2D eigenvalue weighted by Crippen LogP contribution is 2.16. The second-order valence-electron chi connectivity index (χ2n) is 2.57. The molecular formula is C8H14N2S. The molecule has 0 aliphatic carbocycles. The van der Waals surface area contributed by atoms with E-state index in [0.717, 1.165) is 16.8 Å². The minimum Gasteiger partial charge on any atom is -0.348 e. The van der Waals surface area contributed by atoms with Crippen LogP contribution >= 0.6 is 11.8 Å². The van der Waals surface area contributed by atoms with Crippen LogP contribution in [0.1, 0.15) is 26.1 Å². The van der Waals surface area contributed by atoms with Gasteiger partial charge in [-0.2, -0.15) is 11.8 Å². The van der Waals surface area contributed by atoms with E-state index < -0.39 is 0 Å². The van der Waals surface area contributed by atoms with Crippen LogP contribution < -0.4 is 0 Å². The van der Waals surface area contributed by atoms with Gasteiger partial charge in [-0.1, -0.05) is 13.8 Å². The molecule has 3 heteroatoms. The summed E-state index contributed by atoms with van der Waals surface area (Å²) in [6, 6.07) is 0. The first-order valence-corrected chi connectivity index (χ1v) is 4.97. The van der Waals surface area contributed by atoms with Crippen molar-refractivity contribution in [2.45, 2.75) is 31.3 Å². The lowest BCUT2D eigenvalue weighted by Crippen LogP contribution is -1.94. The van der Waals surface area contributed by atoms with Crippen LogP contribution in [0.4, 0.5) is 0 Å². The number of nitrogens with zero attached hydrogens (tertiary/aromatic N) is 1. The lowest BCUT2D eigenvalue weighted by Gasteiger charge is -2.05. The third-order valence-electron chi connectivity index (χ3n) is 1.63. The summed E-state index contributed by atoms with van der Waals surface area (Å²) in [4.78, 5) is 7.23. The highest BCUT2D eigenvalue weighted by atomic mass is 32.2. The molecule has 0 saturated carbocycles. The minimum atomic E-state index is 0.736. The number of hydrogen-bond donors (Lipinski definition) is 1. The van der Waals surface area contributed by atoms with Crippen molar-refractivity contribution in [3.8, 4) is 0 Å². The Labute approximate surface area is 71.8 Å². The summed E-state index contributed by atoms with van der Waals surface area (Å²) in [5, 5.41) is 0.736. The van der Waals surface area contributed by atoms with Crippen molar-refractivity contribution < 1.29 is 0 Å². The molecule has 1 aromatic rings. The van der Waals surface area contributed by atoms with Gasteiger partial charge in [0.05, 0.1) is 5.75 Å². The van der Waals surface area contributed by atoms with Crippen LogP contribution in [0.2, 0.25) is 0 Å². The lowest BCUT2D eigenvalue weighted by molar-refractivity contribution is 0.903. The SMILES string of the molecule is CCC(C)SCc1ncc[nH]1. The fraction of sp³-hybridized carbons (Fsp3) is 0.625. The first-order chi connectivity index (χ1) is 5.33. The van der Waals surface area contributed by atoms with E-state index in [-0.39, 0.29) is 0 Å². The third-order valence-corrected chi connectivity index (χ3v) is 2.98. The smallest absolute Gasteiger partial charge is 0.116 e. The molecule has 0 fully saturated rings. The Morgan fingerprint density at radius 2 is 2.55 bits per heavy atom. The number of imidazole rings is 1. The van der Waals surface area contributed by atoms with Crippen molar-refractivity contribution in [2.75, 3.05) is 0 Å². The van der Waals surface area contributed by atoms with Crippen LogP contribution in [-0.2, 0) is 5.75 Å². The van der Waals surface area contributed by atoms with Gasteiger partial charge in [0.25, 0.3) is 0 Å². The van der Waals surface area contributed by atoms with Crippen LogP contribution in [0, 0.1) is 0 Å². The molecule has 0 aliphatic rings. The average Bonchev–Trinajstić information content (AvgIpc) is 2.52. The average molecular weight is 170 g/mol. The van der Waals surface area contributed by atoms with E-state index in [2.05, 4.69) is 23.8 Å². The first kappa shape index (κ1) is 8.65. The summed E-state index contributed by atoms with van der Waals surface area (Å²) in [5.74, 6) is 2.08. The van der Waals surface area contributed by atoms with Gasteiger partial charge in [-0.25, -0.2) is 4.98 Å². The number of hydrogen-bond acceptors (Lipinski definition) is 2. The van der Waals surface area contributed by atoms with E-state index in [1.165, 1.54) is 6.42 Å². The summed E-state index contributed by atoms with van der Waals surface area (Å²) in [5.41, 5.74) is 0. The van der Waals surface area contributed by atoms with Gasteiger partial charge in [-0.05, 0) is 6.42 Å². The molecule has 1 aromatic heterocycles. The van der Waals surface area contributed by atoms with Crippen LogP contribution in [0.5, 0.6) is 0 Å². The maximum atomic E-state index is 4.15. The molecule has 0 aliphatic heterocycles. The number of aromatic nitrogens is 2. The molecule has 62 valence electrons. The predicted octanol–water partition coefficient (Wildman–Crippen LogP) is 2.44. The number of H-pyrrole nitrogens is 1. The normalized spacial score (nSPS) is 13.3. The number of rotatable bonds is 4. The fourth-order valence-electron chi connectivity index (χ4n) is 0.716. The van der Waals surface area contributed by atoms with Crippen LogP contribution in [0.25, 0.3) is 0 Å². The monoisotopic (exact) mass is 170 g/mol. The molecule has 0 spiro atoms. The zero-order chi connectivity index (χ0) is 8.10. The molecule has 0 saturated heterocycles. The van der Waals surface area contributed by atoms with E-state index in [1.54, 1.807) is 6.20 Å². The van der Waals surface area contributed by atoms with Gasteiger partial charge in [0, 0.05) is 17.6 Å². The topological polar surface area (TPSA) is 28.7 Å². The Morgan fingerprint density at radius 3 is 3.09 bits per heavy atom. The Bertz CT molecular complexity index is 184. The Kier molecular flexibility index (Phi) is 3.49. The molecule has 0 bridgehead atoms.